The minimum Gasteiger partial charge on any atom is -0.465 e. The minimum absolute atomic E-state index is 0.122. The van der Waals surface area contributed by atoms with Gasteiger partial charge in [-0.25, -0.2) is 13.2 Å². The summed E-state index contributed by atoms with van der Waals surface area (Å²) in [7, 11) is -3.83. The van der Waals surface area contributed by atoms with Gasteiger partial charge < -0.3 is 10.5 Å². The van der Waals surface area contributed by atoms with E-state index in [2.05, 4.69) is 0 Å². The smallest absolute Gasteiger partial charge is 0.328 e. The summed E-state index contributed by atoms with van der Waals surface area (Å²) in [6.07, 6.45) is 0. The fourth-order valence-electron chi connectivity index (χ4n) is 3.33. The van der Waals surface area contributed by atoms with Crippen molar-refractivity contribution in [3.8, 4) is 0 Å². The molecule has 7 heteroatoms. The van der Waals surface area contributed by atoms with E-state index in [0.29, 0.717) is 10.6 Å². The van der Waals surface area contributed by atoms with E-state index in [1.165, 1.54) is 12.1 Å². The molecule has 1 fully saturated rings. The second-order valence-electron chi connectivity index (χ2n) is 6.46. The SMILES string of the molecule is CCOC(=O)[C@]1(N)[C@@H](c2cccc(Cl)c2)[C@@H]1S(=O)(=O)c1ccc(C)cc1. The number of benzene rings is 2. The van der Waals surface area contributed by atoms with E-state index < -0.39 is 32.5 Å². The Kier molecular flexibility index (Phi) is 4.86. The number of ether oxygens (including phenoxy) is 1. The van der Waals surface area contributed by atoms with E-state index in [0.717, 1.165) is 5.56 Å². The number of hydrogen-bond donors (Lipinski definition) is 1. The van der Waals surface area contributed by atoms with Gasteiger partial charge in [0.15, 0.2) is 9.84 Å². The Labute approximate surface area is 158 Å². The van der Waals surface area contributed by atoms with Gasteiger partial charge in [-0.3, -0.25) is 0 Å². The number of hydrogen-bond acceptors (Lipinski definition) is 5. The summed E-state index contributed by atoms with van der Waals surface area (Å²) in [6.45, 7) is 3.65. The van der Waals surface area contributed by atoms with E-state index >= 15 is 0 Å². The Morgan fingerprint density at radius 1 is 1.23 bits per heavy atom. The van der Waals surface area contributed by atoms with E-state index in [1.54, 1.807) is 43.3 Å². The van der Waals surface area contributed by atoms with Crippen molar-refractivity contribution in [1.82, 2.24) is 0 Å². The van der Waals surface area contributed by atoms with Gasteiger partial charge in [0.25, 0.3) is 0 Å². The highest BCUT2D eigenvalue weighted by Crippen LogP contribution is 2.56. The van der Waals surface area contributed by atoms with Crippen LogP contribution in [-0.4, -0.2) is 31.8 Å². The van der Waals surface area contributed by atoms with Crippen LogP contribution in [0, 0.1) is 6.92 Å². The van der Waals surface area contributed by atoms with Crippen LogP contribution in [0.1, 0.15) is 24.0 Å². The quantitative estimate of drug-likeness (QED) is 0.789. The van der Waals surface area contributed by atoms with Gasteiger partial charge in [-0.15, -0.1) is 0 Å². The maximum Gasteiger partial charge on any atom is 0.328 e. The van der Waals surface area contributed by atoms with Crippen molar-refractivity contribution in [3.63, 3.8) is 0 Å². The van der Waals surface area contributed by atoms with Crippen LogP contribution in [-0.2, 0) is 19.4 Å². The first-order valence-corrected chi connectivity index (χ1v) is 10.2. The molecule has 0 aliphatic heterocycles. The lowest BCUT2D eigenvalue weighted by Gasteiger charge is -2.11. The Morgan fingerprint density at radius 2 is 1.88 bits per heavy atom. The molecule has 1 aliphatic rings. The fraction of sp³-hybridized carbons (Fsp3) is 0.316. The third-order valence-electron chi connectivity index (χ3n) is 4.70. The molecule has 0 aromatic heterocycles. The number of aryl methyl sites for hydroxylation is 1. The van der Waals surface area contributed by atoms with Gasteiger partial charge in [-0.05, 0) is 43.7 Å². The summed E-state index contributed by atoms with van der Waals surface area (Å²) >= 11 is 6.04. The molecule has 1 saturated carbocycles. The molecule has 0 saturated heterocycles. The molecule has 26 heavy (non-hydrogen) atoms. The van der Waals surface area contributed by atoms with Crippen molar-refractivity contribution in [2.24, 2.45) is 5.73 Å². The van der Waals surface area contributed by atoms with Gasteiger partial charge in [-0.1, -0.05) is 41.4 Å². The third kappa shape index (κ3) is 3.02. The summed E-state index contributed by atoms with van der Waals surface area (Å²) in [4.78, 5) is 12.6. The predicted molar refractivity (Wildman–Crippen MR) is 99.9 cm³/mol. The number of halogens is 1. The van der Waals surface area contributed by atoms with E-state index in [1.807, 2.05) is 6.92 Å². The molecule has 3 rings (SSSR count). The lowest BCUT2D eigenvalue weighted by Crippen LogP contribution is -2.41. The molecule has 0 amide bonds. The first-order valence-electron chi connectivity index (χ1n) is 8.25. The summed E-state index contributed by atoms with van der Waals surface area (Å²) in [5, 5.41) is -0.651. The fourth-order valence-corrected chi connectivity index (χ4v) is 5.76. The molecule has 2 aromatic rings. The lowest BCUT2D eigenvalue weighted by molar-refractivity contribution is -0.145. The second kappa shape index (κ2) is 6.68. The van der Waals surface area contributed by atoms with Crippen molar-refractivity contribution in [2.45, 2.75) is 35.4 Å². The van der Waals surface area contributed by atoms with Gasteiger partial charge >= 0.3 is 5.97 Å². The van der Waals surface area contributed by atoms with Gasteiger partial charge in [0.1, 0.15) is 10.8 Å². The van der Waals surface area contributed by atoms with E-state index in [9.17, 15) is 13.2 Å². The molecule has 0 spiro atoms. The Morgan fingerprint density at radius 3 is 2.46 bits per heavy atom. The van der Waals surface area contributed by atoms with Gasteiger partial charge in [0.2, 0.25) is 0 Å². The number of carbonyl (C=O) groups excluding carboxylic acids is 1. The monoisotopic (exact) mass is 393 g/mol. The molecular formula is C19H20ClNO4S. The maximum absolute atomic E-state index is 13.2. The zero-order chi connectivity index (χ0) is 19.1. The highest BCUT2D eigenvalue weighted by Gasteiger charge is 2.74. The Balaban J connectivity index is 2.07. The standard InChI is InChI=1S/C19H20ClNO4S/c1-3-25-18(22)19(21)16(13-5-4-6-14(20)11-13)17(19)26(23,24)15-9-7-12(2)8-10-15/h4-11,16-17H,3,21H2,1-2H3/t16-,17-,19-/m0/s1. The highest BCUT2D eigenvalue weighted by molar-refractivity contribution is 7.92. The zero-order valence-electron chi connectivity index (χ0n) is 14.5. The summed E-state index contributed by atoms with van der Waals surface area (Å²) in [5.74, 6) is -1.43. The van der Waals surface area contributed by atoms with Gasteiger partial charge in [0.05, 0.1) is 11.5 Å². The van der Waals surface area contributed by atoms with Crippen LogP contribution in [0.15, 0.2) is 53.4 Å². The molecular weight excluding hydrogens is 374 g/mol. The van der Waals surface area contributed by atoms with Gasteiger partial charge in [-0.2, -0.15) is 0 Å². The molecule has 5 nitrogen and oxygen atoms in total. The van der Waals surface area contributed by atoms with Crippen LogP contribution in [0.3, 0.4) is 0 Å². The maximum atomic E-state index is 13.2. The minimum atomic E-state index is -3.83. The van der Waals surface area contributed by atoms with Crippen molar-refractivity contribution in [3.05, 3.63) is 64.7 Å². The normalized spacial score (nSPS) is 24.9. The number of nitrogens with two attached hydrogens (primary N) is 1. The molecule has 0 radical (unpaired) electrons. The molecule has 1 aliphatic carbocycles. The summed E-state index contributed by atoms with van der Waals surface area (Å²) < 4.78 is 31.4. The molecule has 0 unspecified atom stereocenters. The number of rotatable bonds is 5. The first-order chi connectivity index (χ1) is 12.2. The van der Waals surface area contributed by atoms with E-state index in [4.69, 9.17) is 22.1 Å². The molecule has 0 bridgehead atoms. The van der Waals surface area contributed by atoms with Crippen LogP contribution in [0.25, 0.3) is 0 Å². The average Bonchev–Trinajstić information content (AvgIpc) is 3.24. The largest absolute Gasteiger partial charge is 0.465 e. The molecule has 3 atom stereocenters. The second-order valence-corrected chi connectivity index (χ2v) is 8.97. The van der Waals surface area contributed by atoms with Crippen LogP contribution in [0.2, 0.25) is 5.02 Å². The number of sulfone groups is 1. The zero-order valence-corrected chi connectivity index (χ0v) is 16.0. The first kappa shape index (κ1) is 18.9. The van der Waals surface area contributed by atoms with Crippen molar-refractivity contribution in [2.75, 3.05) is 6.61 Å². The number of esters is 1. The van der Waals surface area contributed by atoms with Crippen molar-refractivity contribution >= 4 is 27.4 Å². The Bertz CT molecular complexity index is 942. The molecule has 138 valence electrons. The summed E-state index contributed by atoms with van der Waals surface area (Å²) in [6, 6.07) is 13.2. The molecule has 2 N–H and O–H groups in total. The Hall–Kier alpha value is -1.89. The molecule has 0 heterocycles. The van der Waals surface area contributed by atoms with Crippen LogP contribution in [0.5, 0.6) is 0 Å². The highest BCUT2D eigenvalue weighted by atomic mass is 35.5. The van der Waals surface area contributed by atoms with Crippen molar-refractivity contribution < 1.29 is 17.9 Å². The molecule has 2 aromatic carbocycles. The number of carbonyl (C=O) groups is 1. The topological polar surface area (TPSA) is 86.5 Å². The van der Waals surface area contributed by atoms with E-state index in [-0.39, 0.29) is 11.5 Å². The predicted octanol–water partition coefficient (Wildman–Crippen LogP) is 2.85. The van der Waals surface area contributed by atoms with Gasteiger partial charge in [0, 0.05) is 10.9 Å². The van der Waals surface area contributed by atoms with Crippen LogP contribution < -0.4 is 5.73 Å². The van der Waals surface area contributed by atoms with Crippen molar-refractivity contribution in [1.29, 1.82) is 0 Å². The third-order valence-corrected chi connectivity index (χ3v) is 7.19. The van der Waals surface area contributed by atoms with Crippen LogP contribution in [0.4, 0.5) is 0 Å². The lowest BCUT2D eigenvalue weighted by atomic mass is 10.1. The summed E-state index contributed by atoms with van der Waals surface area (Å²) in [5.41, 5.74) is 6.21. The van der Waals surface area contributed by atoms with Crippen LogP contribution >= 0.6 is 11.6 Å². The average molecular weight is 394 g/mol.